The molecule has 1 aliphatic rings. The van der Waals surface area contributed by atoms with Gasteiger partial charge in [-0.15, -0.1) is 12.4 Å². The van der Waals surface area contributed by atoms with Crippen LogP contribution in [0.25, 0.3) is 0 Å². The van der Waals surface area contributed by atoms with Crippen LogP contribution in [0.3, 0.4) is 0 Å². The number of ether oxygens (including phenoxy) is 3. The maximum atomic E-state index is 5.46. The largest absolute Gasteiger partial charge is 0.490 e. The first-order valence-corrected chi connectivity index (χ1v) is 7.27. The molecule has 0 radical (unpaired) electrons. The summed E-state index contributed by atoms with van der Waals surface area (Å²) in [5.74, 6) is 2.50. The van der Waals surface area contributed by atoms with E-state index in [1.165, 1.54) is 11.1 Å². The molecule has 0 spiro atoms. The first-order chi connectivity index (χ1) is 10.8. The van der Waals surface area contributed by atoms with E-state index in [2.05, 4.69) is 24.0 Å². The molecule has 2 aromatic carbocycles. The van der Waals surface area contributed by atoms with Crippen LogP contribution in [0.15, 0.2) is 55.1 Å². The molecule has 5 heteroatoms. The Morgan fingerprint density at radius 1 is 1.00 bits per heavy atom. The Labute approximate surface area is 142 Å². The lowest BCUT2D eigenvalue weighted by Crippen LogP contribution is -2.12. The van der Waals surface area contributed by atoms with E-state index in [0.29, 0.717) is 13.4 Å². The smallest absolute Gasteiger partial charge is 0.231 e. The molecule has 0 aliphatic carbocycles. The van der Waals surface area contributed by atoms with Crippen molar-refractivity contribution in [3.63, 3.8) is 0 Å². The third kappa shape index (κ3) is 4.65. The third-order valence-electron chi connectivity index (χ3n) is 3.39. The monoisotopic (exact) mass is 333 g/mol. The van der Waals surface area contributed by atoms with Crippen LogP contribution in [0.1, 0.15) is 11.1 Å². The van der Waals surface area contributed by atoms with Gasteiger partial charge in [-0.2, -0.15) is 0 Å². The number of rotatable bonds is 7. The molecule has 0 saturated carbocycles. The van der Waals surface area contributed by atoms with Crippen LogP contribution in [0.4, 0.5) is 0 Å². The van der Waals surface area contributed by atoms with E-state index in [1.54, 1.807) is 6.08 Å². The molecule has 0 aromatic heterocycles. The first kappa shape index (κ1) is 17.2. The van der Waals surface area contributed by atoms with Crippen LogP contribution in [-0.4, -0.2) is 13.4 Å². The van der Waals surface area contributed by atoms with Crippen molar-refractivity contribution in [1.82, 2.24) is 5.32 Å². The molecule has 0 saturated heterocycles. The SMILES string of the molecule is C=CCOc1ccc(CNCc2ccc3c(c2)OCO3)cc1.Cl. The number of hydrogen-bond donors (Lipinski definition) is 1. The van der Waals surface area contributed by atoms with Crippen molar-refractivity contribution >= 4 is 12.4 Å². The van der Waals surface area contributed by atoms with E-state index in [1.807, 2.05) is 30.3 Å². The number of benzene rings is 2. The van der Waals surface area contributed by atoms with E-state index in [-0.39, 0.29) is 12.4 Å². The van der Waals surface area contributed by atoms with Crippen molar-refractivity contribution in [3.8, 4) is 17.2 Å². The predicted octanol–water partition coefficient (Wildman–Crippen LogP) is 3.69. The summed E-state index contributed by atoms with van der Waals surface area (Å²) < 4.78 is 16.1. The topological polar surface area (TPSA) is 39.7 Å². The standard InChI is InChI=1S/C18H19NO3.ClH/c1-2-9-20-16-6-3-14(4-7-16)11-19-12-15-5-8-17-18(10-15)22-13-21-17;/h2-8,10,19H,1,9,11-13H2;1H. The highest BCUT2D eigenvalue weighted by atomic mass is 35.5. The molecule has 1 heterocycles. The maximum absolute atomic E-state index is 5.46. The number of nitrogens with one attached hydrogen (secondary N) is 1. The van der Waals surface area contributed by atoms with Crippen molar-refractivity contribution in [3.05, 3.63) is 66.2 Å². The normalized spacial score (nSPS) is 11.7. The molecule has 1 N–H and O–H groups in total. The zero-order chi connectivity index (χ0) is 15.2. The van der Waals surface area contributed by atoms with Crippen molar-refractivity contribution in [2.24, 2.45) is 0 Å². The van der Waals surface area contributed by atoms with Gasteiger partial charge in [-0.05, 0) is 35.4 Å². The van der Waals surface area contributed by atoms with Crippen molar-refractivity contribution in [2.75, 3.05) is 13.4 Å². The maximum Gasteiger partial charge on any atom is 0.231 e. The minimum Gasteiger partial charge on any atom is -0.490 e. The van der Waals surface area contributed by atoms with E-state index in [0.717, 1.165) is 30.3 Å². The first-order valence-electron chi connectivity index (χ1n) is 7.27. The van der Waals surface area contributed by atoms with Crippen LogP contribution in [0.5, 0.6) is 17.2 Å². The van der Waals surface area contributed by atoms with E-state index in [9.17, 15) is 0 Å². The Kier molecular flexibility index (Phi) is 6.32. The minimum absolute atomic E-state index is 0. The number of halogens is 1. The van der Waals surface area contributed by atoms with Crippen LogP contribution in [0.2, 0.25) is 0 Å². The van der Waals surface area contributed by atoms with Gasteiger partial charge in [0.1, 0.15) is 12.4 Å². The fourth-order valence-corrected chi connectivity index (χ4v) is 2.26. The zero-order valence-corrected chi connectivity index (χ0v) is 13.6. The van der Waals surface area contributed by atoms with E-state index >= 15 is 0 Å². The Morgan fingerprint density at radius 2 is 1.70 bits per heavy atom. The van der Waals surface area contributed by atoms with Gasteiger partial charge < -0.3 is 19.5 Å². The Hall–Kier alpha value is -2.17. The summed E-state index contributed by atoms with van der Waals surface area (Å²) in [6.45, 7) is 6.06. The molecule has 23 heavy (non-hydrogen) atoms. The summed E-state index contributed by atoms with van der Waals surface area (Å²) in [4.78, 5) is 0. The van der Waals surface area contributed by atoms with Gasteiger partial charge >= 0.3 is 0 Å². The fourth-order valence-electron chi connectivity index (χ4n) is 2.26. The lowest BCUT2D eigenvalue weighted by Gasteiger charge is -2.07. The summed E-state index contributed by atoms with van der Waals surface area (Å²) in [5.41, 5.74) is 2.39. The Bertz CT molecular complexity index is 643. The third-order valence-corrected chi connectivity index (χ3v) is 3.39. The van der Waals surface area contributed by atoms with Gasteiger partial charge in [0.05, 0.1) is 0 Å². The molecule has 0 bridgehead atoms. The van der Waals surface area contributed by atoms with E-state index < -0.39 is 0 Å². The summed E-state index contributed by atoms with van der Waals surface area (Å²) in [5, 5.41) is 3.42. The quantitative estimate of drug-likeness (QED) is 0.784. The molecule has 0 unspecified atom stereocenters. The molecule has 0 amide bonds. The summed E-state index contributed by atoms with van der Waals surface area (Å²) in [6.07, 6.45) is 1.74. The van der Waals surface area contributed by atoms with E-state index in [4.69, 9.17) is 14.2 Å². The highest BCUT2D eigenvalue weighted by Crippen LogP contribution is 2.32. The van der Waals surface area contributed by atoms with Crippen LogP contribution >= 0.6 is 12.4 Å². The molecule has 3 rings (SSSR count). The van der Waals surface area contributed by atoms with Crippen LogP contribution in [-0.2, 0) is 13.1 Å². The number of fused-ring (bicyclic) bond motifs is 1. The van der Waals surface area contributed by atoms with Gasteiger partial charge in [0.25, 0.3) is 0 Å². The van der Waals surface area contributed by atoms with Gasteiger partial charge in [0.15, 0.2) is 11.5 Å². The summed E-state index contributed by atoms with van der Waals surface area (Å²) in [6, 6.07) is 14.1. The summed E-state index contributed by atoms with van der Waals surface area (Å²) >= 11 is 0. The predicted molar refractivity (Wildman–Crippen MR) is 92.5 cm³/mol. The number of hydrogen-bond acceptors (Lipinski definition) is 4. The Balaban J connectivity index is 0.00000192. The molecule has 122 valence electrons. The van der Waals surface area contributed by atoms with Crippen LogP contribution < -0.4 is 19.5 Å². The Morgan fingerprint density at radius 3 is 2.48 bits per heavy atom. The zero-order valence-electron chi connectivity index (χ0n) is 12.8. The lowest BCUT2D eigenvalue weighted by molar-refractivity contribution is 0.174. The lowest BCUT2D eigenvalue weighted by atomic mass is 10.2. The second kappa shape index (κ2) is 8.46. The molecule has 0 atom stereocenters. The molecule has 1 aliphatic heterocycles. The second-order valence-electron chi connectivity index (χ2n) is 5.03. The minimum atomic E-state index is 0. The molecule has 0 fully saturated rings. The highest BCUT2D eigenvalue weighted by molar-refractivity contribution is 5.85. The van der Waals surface area contributed by atoms with Crippen molar-refractivity contribution in [1.29, 1.82) is 0 Å². The average Bonchev–Trinajstić information content (AvgIpc) is 3.02. The molecular weight excluding hydrogens is 314 g/mol. The molecular formula is C18H20ClNO3. The molecule has 2 aromatic rings. The van der Waals surface area contributed by atoms with Crippen molar-refractivity contribution in [2.45, 2.75) is 13.1 Å². The van der Waals surface area contributed by atoms with Gasteiger partial charge in [-0.25, -0.2) is 0 Å². The highest BCUT2D eigenvalue weighted by Gasteiger charge is 2.12. The van der Waals surface area contributed by atoms with Crippen molar-refractivity contribution < 1.29 is 14.2 Å². The van der Waals surface area contributed by atoms with Gasteiger partial charge in [0, 0.05) is 13.1 Å². The van der Waals surface area contributed by atoms with Crippen LogP contribution in [0, 0.1) is 0 Å². The summed E-state index contributed by atoms with van der Waals surface area (Å²) in [7, 11) is 0. The molecule has 4 nitrogen and oxygen atoms in total. The van der Waals surface area contributed by atoms with Gasteiger partial charge in [0.2, 0.25) is 6.79 Å². The fraction of sp³-hybridized carbons (Fsp3) is 0.222. The van der Waals surface area contributed by atoms with Gasteiger partial charge in [-0.3, -0.25) is 0 Å². The second-order valence-corrected chi connectivity index (χ2v) is 5.03. The average molecular weight is 334 g/mol. The van der Waals surface area contributed by atoms with Gasteiger partial charge in [-0.1, -0.05) is 30.9 Å².